The second-order valence-electron chi connectivity index (χ2n) is 4.53. The average Bonchev–Trinajstić information content (AvgIpc) is 2.42. The van der Waals surface area contributed by atoms with Gasteiger partial charge in [0.1, 0.15) is 23.0 Å². The monoisotopic (exact) mass is 326 g/mol. The fourth-order valence-electron chi connectivity index (χ4n) is 1.79. The highest BCUT2D eigenvalue weighted by Gasteiger charge is 2.16. The Hall–Kier alpha value is -1.63. The van der Waals surface area contributed by atoms with Crippen molar-refractivity contribution < 1.29 is 13.2 Å². The molecular formula is C14H15ClN2O3S. The highest BCUT2D eigenvalue weighted by atomic mass is 35.5. The van der Waals surface area contributed by atoms with Crippen LogP contribution in [0, 0.1) is 0 Å². The van der Waals surface area contributed by atoms with Crippen LogP contribution < -0.4 is 9.88 Å². The van der Waals surface area contributed by atoms with Crippen LogP contribution in [-0.2, 0) is 10.0 Å². The SMILES string of the molecule is C=C(CC)COc1ccc(S(N)(=O)=O)c2ccc(Cl)nc12. The molecule has 0 bridgehead atoms. The zero-order chi connectivity index (χ0) is 15.6. The maximum Gasteiger partial charge on any atom is 0.238 e. The number of hydrogen-bond donors (Lipinski definition) is 1. The first-order valence-electron chi connectivity index (χ1n) is 6.24. The number of aromatic nitrogens is 1. The summed E-state index contributed by atoms with van der Waals surface area (Å²) in [5, 5.41) is 5.83. The molecule has 0 aliphatic carbocycles. The van der Waals surface area contributed by atoms with Crippen LogP contribution in [0.25, 0.3) is 10.9 Å². The van der Waals surface area contributed by atoms with Gasteiger partial charge < -0.3 is 4.74 Å². The van der Waals surface area contributed by atoms with E-state index in [1.165, 1.54) is 18.2 Å². The number of benzene rings is 1. The van der Waals surface area contributed by atoms with Crippen molar-refractivity contribution in [3.05, 3.63) is 41.6 Å². The summed E-state index contributed by atoms with van der Waals surface area (Å²) < 4.78 is 28.9. The second-order valence-corrected chi connectivity index (χ2v) is 6.45. The molecule has 7 heteroatoms. The quantitative estimate of drug-likeness (QED) is 0.676. The highest BCUT2D eigenvalue weighted by Crippen LogP contribution is 2.30. The Morgan fingerprint density at radius 2 is 2.10 bits per heavy atom. The molecule has 21 heavy (non-hydrogen) atoms. The average molecular weight is 327 g/mol. The van der Waals surface area contributed by atoms with Gasteiger partial charge in [-0.25, -0.2) is 18.5 Å². The van der Waals surface area contributed by atoms with Gasteiger partial charge in [-0.1, -0.05) is 25.1 Å². The summed E-state index contributed by atoms with van der Waals surface area (Å²) in [4.78, 5) is 4.13. The molecule has 0 spiro atoms. The van der Waals surface area contributed by atoms with Gasteiger partial charge in [-0.3, -0.25) is 0 Å². The first kappa shape index (κ1) is 15.8. The Bertz CT molecular complexity index is 803. The Balaban J connectivity index is 2.58. The van der Waals surface area contributed by atoms with Crippen molar-refractivity contribution in [3.63, 3.8) is 0 Å². The molecule has 0 amide bonds. The van der Waals surface area contributed by atoms with Gasteiger partial charge in [0.2, 0.25) is 10.0 Å². The molecule has 1 heterocycles. The molecule has 112 valence electrons. The summed E-state index contributed by atoms with van der Waals surface area (Å²) in [5.74, 6) is 0.439. The Morgan fingerprint density at radius 1 is 1.38 bits per heavy atom. The highest BCUT2D eigenvalue weighted by molar-refractivity contribution is 7.89. The smallest absolute Gasteiger partial charge is 0.238 e. The molecule has 0 saturated carbocycles. The third kappa shape index (κ3) is 3.53. The lowest BCUT2D eigenvalue weighted by Gasteiger charge is -2.12. The van der Waals surface area contributed by atoms with Crippen molar-refractivity contribution in [1.82, 2.24) is 4.98 Å². The summed E-state index contributed by atoms with van der Waals surface area (Å²) in [5.41, 5.74) is 1.28. The number of nitrogens with two attached hydrogens (primary N) is 1. The molecule has 1 aromatic carbocycles. The third-order valence-corrected chi connectivity index (χ3v) is 4.16. The van der Waals surface area contributed by atoms with Crippen molar-refractivity contribution in [2.24, 2.45) is 5.14 Å². The lowest BCUT2D eigenvalue weighted by Crippen LogP contribution is -2.13. The lowest BCUT2D eigenvalue weighted by atomic mass is 10.2. The topological polar surface area (TPSA) is 82.3 Å². The standard InChI is InChI=1S/C14H15ClN2O3S/c1-3-9(2)8-20-11-5-6-12(21(16,18)19)10-4-7-13(15)17-14(10)11/h4-7H,2-3,8H2,1H3,(H2,16,18,19). The molecule has 2 rings (SSSR count). The van der Waals surface area contributed by atoms with Crippen LogP contribution in [0.3, 0.4) is 0 Å². The van der Waals surface area contributed by atoms with Gasteiger partial charge in [0.05, 0.1) is 4.90 Å². The number of fused-ring (bicyclic) bond motifs is 1. The fraction of sp³-hybridized carbons (Fsp3) is 0.214. The van der Waals surface area contributed by atoms with E-state index in [-0.39, 0.29) is 10.0 Å². The van der Waals surface area contributed by atoms with E-state index in [9.17, 15) is 8.42 Å². The van der Waals surface area contributed by atoms with Crippen LogP contribution in [0.2, 0.25) is 5.15 Å². The van der Waals surface area contributed by atoms with Crippen LogP contribution in [0.4, 0.5) is 0 Å². The largest absolute Gasteiger partial charge is 0.487 e. The minimum atomic E-state index is -3.85. The van der Waals surface area contributed by atoms with Gasteiger partial charge in [0, 0.05) is 5.39 Å². The maximum absolute atomic E-state index is 11.6. The molecule has 0 unspecified atom stereocenters. The zero-order valence-electron chi connectivity index (χ0n) is 11.5. The third-order valence-electron chi connectivity index (χ3n) is 2.98. The summed E-state index contributed by atoms with van der Waals surface area (Å²) in [6, 6.07) is 5.99. The van der Waals surface area contributed by atoms with Crippen molar-refractivity contribution in [1.29, 1.82) is 0 Å². The van der Waals surface area contributed by atoms with Gasteiger partial charge in [0.15, 0.2) is 0 Å². The second kappa shape index (κ2) is 6.01. The van der Waals surface area contributed by atoms with Gasteiger partial charge in [-0.15, -0.1) is 0 Å². The van der Waals surface area contributed by atoms with Crippen LogP contribution in [0.1, 0.15) is 13.3 Å². The molecule has 0 aliphatic heterocycles. The summed E-state index contributed by atoms with van der Waals surface area (Å²) in [6.45, 7) is 6.16. The Morgan fingerprint density at radius 3 is 2.71 bits per heavy atom. The fourth-order valence-corrected chi connectivity index (χ4v) is 2.66. The molecule has 0 fully saturated rings. The van der Waals surface area contributed by atoms with E-state index in [1.807, 2.05) is 6.92 Å². The van der Waals surface area contributed by atoms with Crippen molar-refractivity contribution >= 4 is 32.5 Å². The molecule has 2 N–H and O–H groups in total. The van der Waals surface area contributed by atoms with E-state index in [2.05, 4.69) is 11.6 Å². The maximum atomic E-state index is 11.6. The molecule has 0 aliphatic rings. The molecule has 0 atom stereocenters. The summed E-state index contributed by atoms with van der Waals surface area (Å²) in [6.07, 6.45) is 0.793. The van der Waals surface area contributed by atoms with Gasteiger partial charge in [-0.2, -0.15) is 0 Å². The van der Waals surface area contributed by atoms with E-state index in [0.29, 0.717) is 23.3 Å². The summed E-state index contributed by atoms with van der Waals surface area (Å²) >= 11 is 5.88. The van der Waals surface area contributed by atoms with Gasteiger partial charge >= 0.3 is 0 Å². The number of sulfonamides is 1. The zero-order valence-corrected chi connectivity index (χ0v) is 13.0. The van der Waals surface area contributed by atoms with Crippen LogP contribution in [0.15, 0.2) is 41.3 Å². The first-order valence-corrected chi connectivity index (χ1v) is 8.17. The van der Waals surface area contributed by atoms with Crippen molar-refractivity contribution in [2.45, 2.75) is 18.2 Å². The van der Waals surface area contributed by atoms with E-state index in [1.54, 1.807) is 6.07 Å². The first-order chi connectivity index (χ1) is 9.82. The Labute approximate surface area is 128 Å². The predicted molar refractivity (Wildman–Crippen MR) is 83.1 cm³/mol. The molecule has 2 aromatic rings. The molecule has 5 nitrogen and oxygen atoms in total. The van der Waals surface area contributed by atoms with Crippen molar-refractivity contribution in [2.75, 3.05) is 6.61 Å². The van der Waals surface area contributed by atoms with E-state index in [4.69, 9.17) is 21.5 Å². The van der Waals surface area contributed by atoms with Gasteiger partial charge in [-0.05, 0) is 36.3 Å². The number of nitrogens with zero attached hydrogens (tertiary/aromatic N) is 1. The van der Waals surface area contributed by atoms with E-state index < -0.39 is 10.0 Å². The number of ether oxygens (including phenoxy) is 1. The minimum Gasteiger partial charge on any atom is -0.487 e. The van der Waals surface area contributed by atoms with Crippen LogP contribution in [0.5, 0.6) is 5.75 Å². The number of pyridine rings is 1. The minimum absolute atomic E-state index is 0.0108. The number of primary sulfonamides is 1. The Kier molecular flexibility index (Phi) is 4.51. The van der Waals surface area contributed by atoms with Crippen LogP contribution >= 0.6 is 11.6 Å². The van der Waals surface area contributed by atoms with Crippen LogP contribution in [-0.4, -0.2) is 20.0 Å². The predicted octanol–water partition coefficient (Wildman–Crippen LogP) is 2.88. The number of halogens is 1. The van der Waals surface area contributed by atoms with E-state index in [0.717, 1.165) is 12.0 Å². The number of rotatable bonds is 5. The molecule has 0 saturated heterocycles. The normalized spacial score (nSPS) is 11.6. The van der Waals surface area contributed by atoms with Gasteiger partial charge in [0.25, 0.3) is 0 Å². The molecule has 1 aromatic heterocycles. The van der Waals surface area contributed by atoms with Crippen molar-refractivity contribution in [3.8, 4) is 5.75 Å². The summed E-state index contributed by atoms with van der Waals surface area (Å²) in [7, 11) is -3.85. The lowest BCUT2D eigenvalue weighted by molar-refractivity contribution is 0.352. The van der Waals surface area contributed by atoms with E-state index >= 15 is 0 Å². The number of hydrogen-bond acceptors (Lipinski definition) is 4. The molecular weight excluding hydrogens is 312 g/mol. The molecule has 0 radical (unpaired) electrons.